The number of piperidine rings is 1. The Labute approximate surface area is 158 Å². The van der Waals surface area contributed by atoms with E-state index in [0.717, 1.165) is 11.3 Å². The number of amides is 3. The molecule has 0 unspecified atom stereocenters. The molecular formula is C21H23N3O3. The van der Waals surface area contributed by atoms with Crippen LogP contribution in [0, 0.1) is 13.8 Å². The minimum Gasteiger partial charge on any atom is -0.467 e. The van der Waals surface area contributed by atoms with Crippen LogP contribution in [0.3, 0.4) is 0 Å². The van der Waals surface area contributed by atoms with Gasteiger partial charge in [0.05, 0.1) is 5.56 Å². The summed E-state index contributed by atoms with van der Waals surface area (Å²) in [5, 5.41) is 5.95. The van der Waals surface area contributed by atoms with Crippen molar-refractivity contribution in [1.82, 2.24) is 10.2 Å². The van der Waals surface area contributed by atoms with E-state index in [-0.39, 0.29) is 11.9 Å². The number of nitrogens with one attached hydrogen (secondary N) is 2. The second-order valence-corrected chi connectivity index (χ2v) is 7.26. The molecule has 2 aromatic carbocycles. The van der Waals surface area contributed by atoms with Crippen molar-refractivity contribution >= 4 is 17.6 Å². The Bertz CT molecular complexity index is 901. The van der Waals surface area contributed by atoms with Crippen LogP contribution < -0.4 is 15.4 Å². The van der Waals surface area contributed by atoms with Gasteiger partial charge in [-0.3, -0.25) is 4.79 Å². The maximum Gasteiger partial charge on any atom is 0.321 e. The molecule has 2 aromatic rings. The van der Waals surface area contributed by atoms with Gasteiger partial charge in [0.1, 0.15) is 5.75 Å². The maximum atomic E-state index is 12.6. The number of nitrogens with zero attached hydrogens (tertiary/aromatic N) is 1. The van der Waals surface area contributed by atoms with Crippen LogP contribution in [-0.4, -0.2) is 35.7 Å². The van der Waals surface area contributed by atoms with Crippen LogP contribution >= 0.6 is 0 Å². The average Bonchev–Trinajstić information content (AvgIpc) is 2.65. The molecule has 0 aliphatic carbocycles. The summed E-state index contributed by atoms with van der Waals surface area (Å²) in [6.07, 6.45) is 1.10. The van der Waals surface area contributed by atoms with Gasteiger partial charge in [0.25, 0.3) is 5.91 Å². The van der Waals surface area contributed by atoms with E-state index in [1.807, 2.05) is 50.2 Å². The van der Waals surface area contributed by atoms with E-state index in [1.165, 1.54) is 5.56 Å². The predicted octanol–water partition coefficient (Wildman–Crippen LogP) is 3.45. The van der Waals surface area contributed by atoms with E-state index in [1.54, 1.807) is 11.0 Å². The lowest BCUT2D eigenvalue weighted by atomic mass is 9.97. The zero-order valence-electron chi connectivity index (χ0n) is 15.5. The van der Waals surface area contributed by atoms with Crippen LogP contribution in [0.2, 0.25) is 0 Å². The number of rotatable bonds is 1. The minimum atomic E-state index is -0.733. The van der Waals surface area contributed by atoms with Crippen molar-refractivity contribution in [3.63, 3.8) is 0 Å². The molecule has 1 spiro atoms. The molecule has 0 radical (unpaired) electrons. The number of likely N-dealkylation sites (tertiary alicyclic amines) is 1. The van der Waals surface area contributed by atoms with Gasteiger partial charge in [-0.1, -0.05) is 18.2 Å². The third-order valence-electron chi connectivity index (χ3n) is 5.39. The average molecular weight is 365 g/mol. The van der Waals surface area contributed by atoms with Gasteiger partial charge >= 0.3 is 6.03 Å². The Kier molecular flexibility index (Phi) is 4.26. The van der Waals surface area contributed by atoms with E-state index in [9.17, 15) is 9.59 Å². The summed E-state index contributed by atoms with van der Waals surface area (Å²) in [7, 11) is 0. The third kappa shape index (κ3) is 3.35. The van der Waals surface area contributed by atoms with Crippen molar-refractivity contribution < 1.29 is 14.3 Å². The second-order valence-electron chi connectivity index (χ2n) is 7.26. The topological polar surface area (TPSA) is 70.7 Å². The Morgan fingerprint density at radius 1 is 1.11 bits per heavy atom. The fourth-order valence-electron chi connectivity index (χ4n) is 3.57. The van der Waals surface area contributed by atoms with Gasteiger partial charge in [-0.15, -0.1) is 0 Å². The minimum absolute atomic E-state index is 0.120. The Morgan fingerprint density at radius 3 is 2.59 bits per heavy atom. The quantitative estimate of drug-likeness (QED) is 0.813. The first-order valence-electron chi connectivity index (χ1n) is 9.20. The first kappa shape index (κ1) is 17.4. The van der Waals surface area contributed by atoms with Crippen LogP contribution in [0.25, 0.3) is 0 Å². The van der Waals surface area contributed by atoms with E-state index in [4.69, 9.17) is 4.74 Å². The SMILES string of the molecule is Cc1ccc(NC(=O)N2CCC3(CC2)NC(=O)c2ccccc2O3)cc1C. The van der Waals surface area contributed by atoms with Crippen LogP contribution in [0.1, 0.15) is 34.3 Å². The smallest absolute Gasteiger partial charge is 0.321 e. The second kappa shape index (κ2) is 6.61. The number of urea groups is 1. The molecule has 2 N–H and O–H groups in total. The predicted molar refractivity (Wildman–Crippen MR) is 103 cm³/mol. The van der Waals surface area contributed by atoms with Gasteiger partial charge in [-0.05, 0) is 49.2 Å². The molecule has 2 aliphatic heterocycles. The largest absolute Gasteiger partial charge is 0.467 e. The Hall–Kier alpha value is -3.02. The number of anilines is 1. The molecule has 3 amide bonds. The number of hydrogen-bond acceptors (Lipinski definition) is 3. The molecule has 1 fully saturated rings. The van der Waals surface area contributed by atoms with E-state index in [2.05, 4.69) is 10.6 Å². The molecule has 2 aliphatic rings. The highest BCUT2D eigenvalue weighted by Crippen LogP contribution is 2.33. The summed E-state index contributed by atoms with van der Waals surface area (Å²) in [6, 6.07) is 13.0. The number of para-hydroxylation sites is 1. The van der Waals surface area contributed by atoms with Crippen LogP contribution in [-0.2, 0) is 0 Å². The third-order valence-corrected chi connectivity index (χ3v) is 5.39. The lowest BCUT2D eigenvalue weighted by Crippen LogP contribution is -2.61. The number of aryl methyl sites for hydroxylation is 2. The number of hydrogen-bond donors (Lipinski definition) is 2. The molecule has 0 aromatic heterocycles. The number of fused-ring (bicyclic) bond motifs is 1. The molecule has 0 saturated carbocycles. The summed E-state index contributed by atoms with van der Waals surface area (Å²) < 4.78 is 6.12. The molecule has 4 rings (SSSR count). The Morgan fingerprint density at radius 2 is 1.85 bits per heavy atom. The maximum absolute atomic E-state index is 12.6. The number of ether oxygens (including phenoxy) is 1. The summed E-state index contributed by atoms with van der Waals surface area (Å²) in [6.45, 7) is 5.09. The molecule has 140 valence electrons. The van der Waals surface area contributed by atoms with Gasteiger partial charge in [-0.2, -0.15) is 0 Å². The highest BCUT2D eigenvalue weighted by molar-refractivity contribution is 5.98. The van der Waals surface area contributed by atoms with Gasteiger partial charge in [0.2, 0.25) is 0 Å². The summed E-state index contributed by atoms with van der Waals surface area (Å²) in [5.41, 5.74) is 2.95. The number of carbonyl (C=O) groups excluding carboxylic acids is 2. The lowest BCUT2D eigenvalue weighted by Gasteiger charge is -2.44. The molecule has 0 bridgehead atoms. The molecule has 6 heteroatoms. The fraction of sp³-hybridized carbons (Fsp3) is 0.333. The normalized spacial score (nSPS) is 17.7. The van der Waals surface area contributed by atoms with Gasteiger partial charge < -0.3 is 20.3 Å². The lowest BCUT2D eigenvalue weighted by molar-refractivity contribution is -0.0203. The van der Waals surface area contributed by atoms with Crippen LogP contribution in [0.5, 0.6) is 5.75 Å². The standard InChI is InChI=1S/C21H23N3O3/c1-14-7-8-16(13-15(14)2)22-20(26)24-11-9-21(10-12-24)23-19(25)17-5-3-4-6-18(17)27-21/h3-8,13H,9-12H2,1-2H3,(H,22,26)(H,23,25). The van der Waals surface area contributed by atoms with Gasteiger partial charge in [-0.25, -0.2) is 4.79 Å². The highest BCUT2D eigenvalue weighted by atomic mass is 16.5. The van der Waals surface area contributed by atoms with Crippen molar-refractivity contribution in [3.05, 3.63) is 59.2 Å². The van der Waals surface area contributed by atoms with Crippen LogP contribution in [0.15, 0.2) is 42.5 Å². The molecule has 27 heavy (non-hydrogen) atoms. The number of carbonyl (C=O) groups is 2. The first-order chi connectivity index (χ1) is 13.0. The zero-order chi connectivity index (χ0) is 19.0. The van der Waals surface area contributed by atoms with Crippen LogP contribution in [0.4, 0.5) is 10.5 Å². The first-order valence-corrected chi connectivity index (χ1v) is 9.20. The van der Waals surface area contributed by atoms with E-state index in [0.29, 0.717) is 37.2 Å². The van der Waals surface area contributed by atoms with Gasteiger partial charge in [0.15, 0.2) is 5.72 Å². The Balaban J connectivity index is 1.41. The fourth-order valence-corrected chi connectivity index (χ4v) is 3.57. The summed E-state index contributed by atoms with van der Waals surface area (Å²) in [5.74, 6) is 0.485. The molecular weight excluding hydrogens is 342 g/mol. The van der Waals surface area contributed by atoms with Gasteiger partial charge in [0, 0.05) is 31.6 Å². The van der Waals surface area contributed by atoms with Crippen molar-refractivity contribution in [2.75, 3.05) is 18.4 Å². The van der Waals surface area contributed by atoms with Crippen molar-refractivity contribution in [2.45, 2.75) is 32.4 Å². The highest BCUT2D eigenvalue weighted by Gasteiger charge is 2.43. The van der Waals surface area contributed by atoms with Crippen molar-refractivity contribution in [3.8, 4) is 5.75 Å². The van der Waals surface area contributed by atoms with Crippen molar-refractivity contribution in [1.29, 1.82) is 0 Å². The van der Waals surface area contributed by atoms with E-state index < -0.39 is 5.72 Å². The monoisotopic (exact) mass is 365 g/mol. The molecule has 6 nitrogen and oxygen atoms in total. The summed E-state index contributed by atoms with van der Waals surface area (Å²) >= 11 is 0. The molecule has 0 atom stereocenters. The number of benzene rings is 2. The molecule has 1 saturated heterocycles. The summed E-state index contributed by atoms with van der Waals surface area (Å²) in [4.78, 5) is 26.7. The van der Waals surface area contributed by atoms with E-state index >= 15 is 0 Å². The van der Waals surface area contributed by atoms with Crippen molar-refractivity contribution in [2.24, 2.45) is 0 Å². The zero-order valence-corrected chi connectivity index (χ0v) is 15.5. The molecule has 2 heterocycles.